The molecule has 0 aliphatic heterocycles. The number of alkyl halides is 1. The molecule has 1 heterocycles. The summed E-state index contributed by atoms with van der Waals surface area (Å²) in [6.07, 6.45) is 4.66. The maximum Gasteiger partial charge on any atom is 0.137 e. The van der Waals surface area contributed by atoms with Crippen molar-refractivity contribution in [1.82, 2.24) is 14.8 Å². The highest BCUT2D eigenvalue weighted by atomic mass is 35.5. The van der Waals surface area contributed by atoms with Crippen molar-refractivity contribution in [3.05, 3.63) is 41.4 Å². The van der Waals surface area contributed by atoms with Gasteiger partial charge in [0.15, 0.2) is 0 Å². The van der Waals surface area contributed by atoms with Gasteiger partial charge in [0.1, 0.15) is 24.0 Å². The molecule has 2 N–H and O–H groups in total. The minimum absolute atomic E-state index is 0.108. The lowest BCUT2D eigenvalue weighted by Gasteiger charge is -2.33. The SMILES string of the molecule is Oc1ccc(Cl)c(CC(O)(Cn2cncn2)C2(Cl)CC2)c1. The van der Waals surface area contributed by atoms with Crippen LogP contribution >= 0.6 is 23.2 Å². The van der Waals surface area contributed by atoms with Gasteiger partial charge in [0.25, 0.3) is 0 Å². The predicted octanol–water partition coefficient (Wildman–Crippen LogP) is 2.38. The van der Waals surface area contributed by atoms with Crippen LogP contribution in [0.5, 0.6) is 5.75 Å². The Balaban J connectivity index is 1.91. The number of phenols is 1. The van der Waals surface area contributed by atoms with Gasteiger partial charge in [0.2, 0.25) is 0 Å². The van der Waals surface area contributed by atoms with Crippen LogP contribution in [0.25, 0.3) is 0 Å². The summed E-state index contributed by atoms with van der Waals surface area (Å²) in [7, 11) is 0. The Morgan fingerprint density at radius 3 is 2.76 bits per heavy atom. The average Bonchev–Trinajstić information content (AvgIpc) is 2.99. The molecule has 2 aromatic rings. The van der Waals surface area contributed by atoms with Gasteiger partial charge < -0.3 is 10.2 Å². The fourth-order valence-corrected chi connectivity index (χ4v) is 2.93. The van der Waals surface area contributed by atoms with E-state index >= 15 is 0 Å². The number of halogens is 2. The first-order valence-corrected chi connectivity index (χ1v) is 7.39. The molecule has 5 nitrogen and oxygen atoms in total. The normalized spacial score (nSPS) is 19.2. The summed E-state index contributed by atoms with van der Waals surface area (Å²) in [6, 6.07) is 4.67. The van der Waals surface area contributed by atoms with Crippen molar-refractivity contribution in [2.75, 3.05) is 0 Å². The van der Waals surface area contributed by atoms with Crippen LogP contribution in [0.1, 0.15) is 18.4 Å². The Morgan fingerprint density at radius 2 is 2.14 bits per heavy atom. The highest BCUT2D eigenvalue weighted by Gasteiger charge is 2.58. The molecule has 0 saturated heterocycles. The van der Waals surface area contributed by atoms with Crippen molar-refractivity contribution in [2.24, 2.45) is 0 Å². The van der Waals surface area contributed by atoms with Crippen molar-refractivity contribution in [1.29, 1.82) is 0 Å². The third-order valence-corrected chi connectivity index (χ3v) is 5.02. The zero-order valence-electron chi connectivity index (χ0n) is 11.2. The molecular formula is C14H15Cl2N3O2. The molecule has 1 aliphatic carbocycles. The van der Waals surface area contributed by atoms with E-state index in [9.17, 15) is 10.2 Å². The molecular weight excluding hydrogens is 313 g/mol. The van der Waals surface area contributed by atoms with Crippen molar-refractivity contribution in [2.45, 2.75) is 36.3 Å². The van der Waals surface area contributed by atoms with E-state index in [1.165, 1.54) is 18.7 Å². The molecule has 1 saturated carbocycles. The minimum atomic E-state index is -1.21. The van der Waals surface area contributed by atoms with Crippen molar-refractivity contribution in [3.63, 3.8) is 0 Å². The molecule has 21 heavy (non-hydrogen) atoms. The summed E-state index contributed by atoms with van der Waals surface area (Å²) in [5, 5.41) is 25.2. The number of rotatable bonds is 5. The van der Waals surface area contributed by atoms with Crippen molar-refractivity contribution < 1.29 is 10.2 Å². The van der Waals surface area contributed by atoms with Gasteiger partial charge in [-0.2, -0.15) is 5.10 Å². The van der Waals surface area contributed by atoms with Gasteiger partial charge in [0, 0.05) is 11.4 Å². The van der Waals surface area contributed by atoms with Gasteiger partial charge in [-0.1, -0.05) is 11.6 Å². The molecule has 1 atom stereocenters. The van der Waals surface area contributed by atoms with Crippen LogP contribution in [-0.2, 0) is 13.0 Å². The summed E-state index contributed by atoms with van der Waals surface area (Å²) in [4.78, 5) is 3.19. The van der Waals surface area contributed by atoms with Gasteiger partial charge in [-0.05, 0) is 36.6 Å². The number of benzene rings is 1. The number of hydrogen-bond acceptors (Lipinski definition) is 4. The fraction of sp³-hybridized carbons (Fsp3) is 0.429. The summed E-state index contributed by atoms with van der Waals surface area (Å²) < 4.78 is 1.55. The van der Waals surface area contributed by atoms with Crippen molar-refractivity contribution >= 4 is 23.2 Å². The molecule has 1 aliphatic rings. The van der Waals surface area contributed by atoms with E-state index < -0.39 is 10.5 Å². The fourth-order valence-electron chi connectivity index (χ4n) is 2.53. The Labute approximate surface area is 132 Å². The molecule has 1 aromatic carbocycles. The summed E-state index contributed by atoms with van der Waals surface area (Å²) >= 11 is 12.6. The Morgan fingerprint density at radius 1 is 1.38 bits per heavy atom. The molecule has 3 rings (SSSR count). The zero-order chi connectivity index (χ0) is 15.1. The molecule has 0 amide bonds. The topological polar surface area (TPSA) is 71.2 Å². The largest absolute Gasteiger partial charge is 0.508 e. The van der Waals surface area contributed by atoms with Gasteiger partial charge in [-0.15, -0.1) is 11.6 Å². The Kier molecular flexibility index (Phi) is 3.59. The molecule has 1 fully saturated rings. The molecule has 0 radical (unpaired) electrons. The van der Waals surface area contributed by atoms with Gasteiger partial charge in [-0.25, -0.2) is 9.67 Å². The maximum absolute atomic E-state index is 11.1. The van der Waals surface area contributed by atoms with Crippen molar-refractivity contribution in [3.8, 4) is 5.75 Å². The number of phenolic OH excluding ortho intramolecular Hbond substituents is 1. The van der Waals surface area contributed by atoms with Crippen LogP contribution in [0.2, 0.25) is 5.02 Å². The third kappa shape index (κ3) is 2.86. The van der Waals surface area contributed by atoms with Crippen LogP contribution in [0.4, 0.5) is 0 Å². The monoisotopic (exact) mass is 327 g/mol. The first-order chi connectivity index (χ1) is 9.92. The lowest BCUT2D eigenvalue weighted by molar-refractivity contribution is 0.00764. The van der Waals surface area contributed by atoms with E-state index in [4.69, 9.17) is 23.2 Å². The summed E-state index contributed by atoms with van der Waals surface area (Å²) in [6.45, 7) is 0.225. The Bertz CT molecular complexity index is 644. The van der Waals surface area contributed by atoms with Crippen LogP contribution in [0, 0.1) is 0 Å². The second-order valence-corrected chi connectivity index (χ2v) is 6.67. The van der Waals surface area contributed by atoms with E-state index in [0.717, 1.165) is 12.8 Å². The number of aromatic hydroxyl groups is 1. The molecule has 1 aromatic heterocycles. The van der Waals surface area contributed by atoms with Gasteiger partial charge in [0.05, 0.1) is 11.4 Å². The summed E-state index contributed by atoms with van der Waals surface area (Å²) in [5.74, 6) is 0.108. The van der Waals surface area contributed by atoms with Crippen LogP contribution in [-0.4, -0.2) is 35.5 Å². The van der Waals surface area contributed by atoms with Gasteiger partial charge in [-0.3, -0.25) is 0 Å². The minimum Gasteiger partial charge on any atom is -0.508 e. The second kappa shape index (κ2) is 5.16. The first kappa shape index (κ1) is 14.6. The maximum atomic E-state index is 11.1. The molecule has 1 unspecified atom stereocenters. The standard InChI is InChI=1S/C14H15Cl2N3O2/c15-12-2-1-11(20)5-10(12)6-14(21,13(16)3-4-13)7-19-9-17-8-18-19/h1-2,5,8-9,20-21H,3-4,6-7H2. The Hall–Kier alpha value is -1.30. The van der Waals surface area contributed by atoms with E-state index in [2.05, 4.69) is 10.1 Å². The predicted molar refractivity (Wildman–Crippen MR) is 79.6 cm³/mol. The van der Waals surface area contributed by atoms with E-state index in [0.29, 0.717) is 10.6 Å². The lowest BCUT2D eigenvalue weighted by Crippen LogP contribution is -2.47. The lowest BCUT2D eigenvalue weighted by atomic mass is 9.89. The quantitative estimate of drug-likeness (QED) is 0.827. The molecule has 7 heteroatoms. The number of aromatic nitrogens is 3. The second-order valence-electron chi connectivity index (χ2n) is 5.54. The third-order valence-electron chi connectivity index (χ3n) is 3.93. The first-order valence-electron chi connectivity index (χ1n) is 6.63. The summed E-state index contributed by atoms with van der Waals surface area (Å²) in [5.41, 5.74) is -0.550. The number of hydrogen-bond donors (Lipinski definition) is 2. The van der Waals surface area contributed by atoms with Gasteiger partial charge >= 0.3 is 0 Å². The number of nitrogens with zero attached hydrogens (tertiary/aromatic N) is 3. The zero-order valence-corrected chi connectivity index (χ0v) is 12.7. The molecule has 0 bridgehead atoms. The van der Waals surface area contributed by atoms with E-state index in [1.807, 2.05) is 0 Å². The molecule has 0 spiro atoms. The highest BCUT2D eigenvalue weighted by Crippen LogP contribution is 2.53. The van der Waals surface area contributed by atoms with Crippen LogP contribution in [0.15, 0.2) is 30.9 Å². The highest BCUT2D eigenvalue weighted by molar-refractivity contribution is 6.31. The van der Waals surface area contributed by atoms with E-state index in [-0.39, 0.29) is 18.7 Å². The van der Waals surface area contributed by atoms with E-state index in [1.54, 1.807) is 16.8 Å². The van der Waals surface area contributed by atoms with Crippen LogP contribution < -0.4 is 0 Å². The number of aliphatic hydroxyl groups is 1. The molecule has 112 valence electrons. The van der Waals surface area contributed by atoms with Crippen LogP contribution in [0.3, 0.4) is 0 Å². The smallest absolute Gasteiger partial charge is 0.137 e. The average molecular weight is 328 g/mol.